The van der Waals surface area contributed by atoms with Crippen LogP contribution in [0.3, 0.4) is 0 Å². The fourth-order valence-electron chi connectivity index (χ4n) is 2.66. The molecule has 0 aliphatic rings. The lowest BCUT2D eigenvalue weighted by Crippen LogP contribution is -2.26. The first-order valence-electron chi connectivity index (χ1n) is 8.78. The van der Waals surface area contributed by atoms with Gasteiger partial charge in [-0.25, -0.2) is 0 Å². The molecule has 0 unspecified atom stereocenters. The van der Waals surface area contributed by atoms with Gasteiger partial charge >= 0.3 is 0 Å². The molecule has 0 atom stereocenters. The van der Waals surface area contributed by atoms with Crippen molar-refractivity contribution in [2.75, 3.05) is 6.54 Å². The molecular weight excluding hydrogens is 378 g/mol. The van der Waals surface area contributed by atoms with E-state index in [-0.39, 0.29) is 17.4 Å². The molecule has 3 aromatic carbocycles. The third kappa shape index (κ3) is 5.18. The Bertz CT molecular complexity index is 957. The zero-order valence-corrected chi connectivity index (χ0v) is 15.8. The van der Waals surface area contributed by atoms with Gasteiger partial charge < -0.3 is 20.3 Å². The lowest BCUT2D eigenvalue weighted by Gasteiger charge is -2.12. The predicted octanol–water partition coefficient (Wildman–Crippen LogP) is 4.30. The van der Waals surface area contributed by atoms with Gasteiger partial charge in [-0.15, -0.1) is 0 Å². The summed E-state index contributed by atoms with van der Waals surface area (Å²) in [5.41, 5.74) is 2.21. The SMILES string of the molecule is O=C(NCCc1ccc(O)c(O)c1)c1ccccc1OCc1ccc(Cl)cc1. The molecule has 0 bridgehead atoms. The number of nitrogens with one attached hydrogen (secondary N) is 1. The molecular formula is C22H20ClNO4. The highest BCUT2D eigenvalue weighted by Gasteiger charge is 2.12. The highest BCUT2D eigenvalue weighted by molar-refractivity contribution is 6.30. The van der Waals surface area contributed by atoms with Crippen LogP contribution in [0, 0.1) is 0 Å². The van der Waals surface area contributed by atoms with E-state index in [1.807, 2.05) is 18.2 Å². The summed E-state index contributed by atoms with van der Waals surface area (Å²) in [7, 11) is 0. The van der Waals surface area contributed by atoms with Crippen LogP contribution in [0.2, 0.25) is 5.02 Å². The molecule has 0 aromatic heterocycles. The average molecular weight is 398 g/mol. The molecule has 0 radical (unpaired) electrons. The predicted molar refractivity (Wildman–Crippen MR) is 108 cm³/mol. The lowest BCUT2D eigenvalue weighted by atomic mass is 10.1. The molecule has 28 heavy (non-hydrogen) atoms. The molecule has 5 nitrogen and oxygen atoms in total. The maximum absolute atomic E-state index is 12.5. The Morgan fingerprint density at radius 2 is 1.64 bits per heavy atom. The van der Waals surface area contributed by atoms with Gasteiger partial charge in [0.1, 0.15) is 12.4 Å². The summed E-state index contributed by atoms with van der Waals surface area (Å²) in [6.07, 6.45) is 0.521. The highest BCUT2D eigenvalue weighted by atomic mass is 35.5. The summed E-state index contributed by atoms with van der Waals surface area (Å²) in [6, 6.07) is 19.0. The Morgan fingerprint density at radius 1 is 0.929 bits per heavy atom. The van der Waals surface area contributed by atoms with Crippen molar-refractivity contribution < 1.29 is 19.7 Å². The van der Waals surface area contributed by atoms with Crippen molar-refractivity contribution in [1.29, 1.82) is 0 Å². The first kappa shape index (κ1) is 19.6. The van der Waals surface area contributed by atoms with Crippen LogP contribution in [0.25, 0.3) is 0 Å². The second kappa shape index (κ2) is 9.15. The van der Waals surface area contributed by atoms with E-state index >= 15 is 0 Å². The molecule has 144 valence electrons. The summed E-state index contributed by atoms with van der Waals surface area (Å²) in [5.74, 6) is -0.0868. The molecule has 3 aromatic rings. The van der Waals surface area contributed by atoms with E-state index in [4.69, 9.17) is 16.3 Å². The first-order valence-corrected chi connectivity index (χ1v) is 9.16. The summed E-state index contributed by atoms with van der Waals surface area (Å²) in [6.45, 7) is 0.711. The van der Waals surface area contributed by atoms with E-state index in [0.29, 0.717) is 35.9 Å². The number of hydrogen-bond acceptors (Lipinski definition) is 4. The molecule has 3 rings (SSSR count). The van der Waals surface area contributed by atoms with Gasteiger partial charge in [0, 0.05) is 11.6 Å². The van der Waals surface area contributed by atoms with Gasteiger partial charge in [0.25, 0.3) is 5.91 Å². The molecule has 3 N–H and O–H groups in total. The number of carbonyl (C=O) groups is 1. The van der Waals surface area contributed by atoms with Crippen molar-refractivity contribution in [2.45, 2.75) is 13.0 Å². The van der Waals surface area contributed by atoms with Gasteiger partial charge in [0.15, 0.2) is 11.5 Å². The average Bonchev–Trinajstić information content (AvgIpc) is 2.70. The Labute approximate surface area is 168 Å². The zero-order chi connectivity index (χ0) is 19.9. The molecule has 0 spiro atoms. The van der Waals surface area contributed by atoms with Crippen molar-refractivity contribution >= 4 is 17.5 Å². The number of halogens is 1. The number of phenolic OH excluding ortho intramolecular Hbond substituents is 2. The lowest BCUT2D eigenvalue weighted by molar-refractivity contribution is 0.0949. The number of hydrogen-bond donors (Lipinski definition) is 3. The molecule has 0 aliphatic carbocycles. The maximum Gasteiger partial charge on any atom is 0.255 e. The summed E-state index contributed by atoms with van der Waals surface area (Å²) in [5, 5.41) is 22.4. The van der Waals surface area contributed by atoms with Gasteiger partial charge in [-0.2, -0.15) is 0 Å². The highest BCUT2D eigenvalue weighted by Crippen LogP contribution is 2.25. The molecule has 0 aliphatic heterocycles. The second-order valence-electron chi connectivity index (χ2n) is 6.24. The van der Waals surface area contributed by atoms with Crippen LogP contribution in [0.15, 0.2) is 66.7 Å². The Balaban J connectivity index is 1.58. The monoisotopic (exact) mass is 397 g/mol. The van der Waals surface area contributed by atoms with Gasteiger partial charge in [0.2, 0.25) is 0 Å². The number of para-hydroxylation sites is 1. The van der Waals surface area contributed by atoms with Gasteiger partial charge in [0.05, 0.1) is 5.56 Å². The van der Waals surface area contributed by atoms with Crippen LogP contribution in [0.1, 0.15) is 21.5 Å². The number of rotatable bonds is 7. The van der Waals surface area contributed by atoms with E-state index in [2.05, 4.69) is 5.32 Å². The quantitative estimate of drug-likeness (QED) is 0.519. The topological polar surface area (TPSA) is 78.8 Å². The van der Waals surface area contributed by atoms with Crippen LogP contribution < -0.4 is 10.1 Å². The van der Waals surface area contributed by atoms with E-state index < -0.39 is 0 Å². The van der Waals surface area contributed by atoms with Gasteiger partial charge in [-0.1, -0.05) is 41.9 Å². The van der Waals surface area contributed by atoms with E-state index in [9.17, 15) is 15.0 Å². The van der Waals surface area contributed by atoms with Crippen molar-refractivity contribution in [1.82, 2.24) is 5.32 Å². The van der Waals surface area contributed by atoms with E-state index in [1.54, 1.807) is 36.4 Å². The second-order valence-corrected chi connectivity index (χ2v) is 6.68. The van der Waals surface area contributed by atoms with E-state index in [1.165, 1.54) is 12.1 Å². The zero-order valence-electron chi connectivity index (χ0n) is 15.1. The number of aromatic hydroxyl groups is 2. The van der Waals surface area contributed by atoms with Crippen LogP contribution in [0.5, 0.6) is 17.2 Å². The summed E-state index contributed by atoms with van der Waals surface area (Å²) in [4.78, 5) is 12.5. The van der Waals surface area contributed by atoms with Gasteiger partial charge in [-0.3, -0.25) is 4.79 Å². The minimum Gasteiger partial charge on any atom is -0.504 e. The molecule has 0 fully saturated rings. The largest absolute Gasteiger partial charge is 0.504 e. The maximum atomic E-state index is 12.5. The fourth-order valence-corrected chi connectivity index (χ4v) is 2.79. The van der Waals surface area contributed by atoms with Crippen LogP contribution in [0.4, 0.5) is 0 Å². The van der Waals surface area contributed by atoms with Crippen molar-refractivity contribution in [2.24, 2.45) is 0 Å². The smallest absolute Gasteiger partial charge is 0.255 e. The normalized spacial score (nSPS) is 10.5. The number of benzene rings is 3. The molecule has 0 heterocycles. The minimum atomic E-state index is -0.241. The molecule has 6 heteroatoms. The van der Waals surface area contributed by atoms with Crippen LogP contribution >= 0.6 is 11.6 Å². The number of phenols is 2. The van der Waals surface area contributed by atoms with Crippen LogP contribution in [-0.4, -0.2) is 22.7 Å². The third-order valence-corrected chi connectivity index (χ3v) is 4.43. The Kier molecular flexibility index (Phi) is 6.40. The Hall–Kier alpha value is -3.18. The summed E-state index contributed by atoms with van der Waals surface area (Å²) >= 11 is 5.88. The summed E-state index contributed by atoms with van der Waals surface area (Å²) < 4.78 is 5.81. The fraction of sp³-hybridized carbons (Fsp3) is 0.136. The standard InChI is InChI=1S/C22H20ClNO4/c23-17-8-5-16(6-9-17)14-28-21-4-2-1-3-18(21)22(27)24-12-11-15-7-10-19(25)20(26)13-15/h1-10,13,25-26H,11-12,14H2,(H,24,27). The third-order valence-electron chi connectivity index (χ3n) is 4.18. The number of carbonyl (C=O) groups excluding carboxylic acids is 1. The van der Waals surface area contributed by atoms with Crippen molar-refractivity contribution in [3.8, 4) is 17.2 Å². The van der Waals surface area contributed by atoms with Crippen LogP contribution in [-0.2, 0) is 13.0 Å². The number of ether oxygens (including phenoxy) is 1. The van der Waals surface area contributed by atoms with Crippen molar-refractivity contribution in [3.05, 3.63) is 88.4 Å². The molecule has 1 amide bonds. The first-order chi connectivity index (χ1) is 13.5. The molecule has 0 saturated carbocycles. The van der Waals surface area contributed by atoms with Gasteiger partial charge in [-0.05, 0) is 53.9 Å². The Morgan fingerprint density at radius 3 is 2.39 bits per heavy atom. The molecule has 0 saturated heterocycles. The number of amides is 1. The van der Waals surface area contributed by atoms with E-state index in [0.717, 1.165) is 11.1 Å². The van der Waals surface area contributed by atoms with Crippen molar-refractivity contribution in [3.63, 3.8) is 0 Å². The minimum absolute atomic E-state index is 0.167.